The van der Waals surface area contributed by atoms with Gasteiger partial charge in [0.25, 0.3) is 0 Å². The number of aryl methyl sites for hydroxylation is 2. The molecule has 158 valence electrons. The third-order valence-electron chi connectivity index (χ3n) is 4.99. The molecule has 0 unspecified atom stereocenters. The Hall–Kier alpha value is -2.10. The quantitative estimate of drug-likeness (QED) is 0.391. The van der Waals surface area contributed by atoms with Crippen molar-refractivity contribution in [3.05, 3.63) is 47.3 Å². The number of amides is 1. The molecule has 1 amide bonds. The van der Waals surface area contributed by atoms with Crippen molar-refractivity contribution in [1.29, 1.82) is 0 Å². The van der Waals surface area contributed by atoms with E-state index in [0.29, 0.717) is 6.54 Å². The maximum absolute atomic E-state index is 11.6. The van der Waals surface area contributed by atoms with E-state index in [1.165, 1.54) is 0 Å². The van der Waals surface area contributed by atoms with E-state index in [1.54, 1.807) is 6.92 Å². The second-order valence-corrected chi connectivity index (χ2v) is 7.13. The molecule has 1 N–H and O–H groups in total. The zero-order valence-electron chi connectivity index (χ0n) is 17.7. The molecule has 0 radical (unpaired) electrons. The summed E-state index contributed by atoms with van der Waals surface area (Å²) >= 11 is 0. The second-order valence-electron chi connectivity index (χ2n) is 7.13. The lowest BCUT2D eigenvalue weighted by Crippen LogP contribution is -2.53. The van der Waals surface area contributed by atoms with Crippen molar-refractivity contribution in [2.75, 3.05) is 32.7 Å². The van der Waals surface area contributed by atoms with Crippen LogP contribution in [-0.2, 0) is 11.3 Å². The van der Waals surface area contributed by atoms with Gasteiger partial charge in [-0.15, -0.1) is 24.0 Å². The summed E-state index contributed by atoms with van der Waals surface area (Å²) in [6.07, 6.45) is 0. The zero-order chi connectivity index (χ0) is 20.1. The molecule has 0 atom stereocenters. The molecule has 1 saturated heterocycles. The smallest absolute Gasteiger partial charge is 0.219 e. The lowest BCUT2D eigenvalue weighted by atomic mass is 10.2. The van der Waals surface area contributed by atoms with Crippen LogP contribution in [0.4, 0.5) is 0 Å². The van der Waals surface area contributed by atoms with Crippen LogP contribution < -0.4 is 5.32 Å². The molecule has 0 bridgehead atoms. The van der Waals surface area contributed by atoms with Crippen LogP contribution in [-0.4, -0.2) is 64.2 Å². The first-order valence-corrected chi connectivity index (χ1v) is 9.90. The molecule has 29 heavy (non-hydrogen) atoms. The number of aromatic nitrogens is 2. The average Bonchev–Trinajstić information content (AvgIpc) is 3.03. The number of piperazine rings is 1. The fourth-order valence-corrected chi connectivity index (χ4v) is 3.54. The fraction of sp³-hybridized carbons (Fsp3) is 0.476. The molecule has 8 heteroatoms. The van der Waals surface area contributed by atoms with Crippen LogP contribution in [0.2, 0.25) is 0 Å². The van der Waals surface area contributed by atoms with Gasteiger partial charge in [-0.25, -0.2) is 9.67 Å². The minimum absolute atomic E-state index is 0. The first-order valence-electron chi connectivity index (χ1n) is 9.90. The van der Waals surface area contributed by atoms with Crippen molar-refractivity contribution in [2.45, 2.75) is 34.2 Å². The summed E-state index contributed by atoms with van der Waals surface area (Å²) in [4.78, 5) is 20.6. The molecule has 3 rings (SSSR count). The number of guanidine groups is 1. The predicted octanol–water partition coefficient (Wildman–Crippen LogP) is 2.74. The highest BCUT2D eigenvalue weighted by molar-refractivity contribution is 14.0. The van der Waals surface area contributed by atoms with Gasteiger partial charge in [-0.3, -0.25) is 4.79 Å². The van der Waals surface area contributed by atoms with Gasteiger partial charge < -0.3 is 15.1 Å². The molecule has 1 fully saturated rings. The van der Waals surface area contributed by atoms with E-state index in [1.807, 2.05) is 28.6 Å². The maximum atomic E-state index is 11.6. The molecule has 1 aliphatic heterocycles. The van der Waals surface area contributed by atoms with Crippen molar-refractivity contribution >= 4 is 35.8 Å². The Morgan fingerprint density at radius 3 is 2.38 bits per heavy atom. The van der Waals surface area contributed by atoms with Crippen molar-refractivity contribution in [1.82, 2.24) is 24.9 Å². The molecule has 0 spiro atoms. The summed E-state index contributed by atoms with van der Waals surface area (Å²) in [7, 11) is 0. The number of carbonyl (C=O) groups is 1. The van der Waals surface area contributed by atoms with Crippen LogP contribution in [0.1, 0.15) is 30.8 Å². The molecule has 1 aromatic heterocycles. The highest BCUT2D eigenvalue weighted by Crippen LogP contribution is 2.18. The molecule has 2 aromatic rings. The summed E-state index contributed by atoms with van der Waals surface area (Å²) in [5, 5.41) is 8.02. The van der Waals surface area contributed by atoms with Crippen molar-refractivity contribution < 1.29 is 4.79 Å². The van der Waals surface area contributed by atoms with E-state index in [9.17, 15) is 4.79 Å². The molecule has 0 saturated carbocycles. The average molecular weight is 510 g/mol. The van der Waals surface area contributed by atoms with Crippen LogP contribution in [0.3, 0.4) is 0 Å². The number of aliphatic imine (C=N–C) groups is 1. The van der Waals surface area contributed by atoms with Gasteiger partial charge in [-0.2, -0.15) is 5.10 Å². The van der Waals surface area contributed by atoms with E-state index in [2.05, 4.69) is 47.4 Å². The SMILES string of the molecule is CCNC(=NCc1ccccc1-n1nc(C)cc1C)N1CCN(C(C)=O)CC1.I. The lowest BCUT2D eigenvalue weighted by Gasteiger charge is -2.36. The van der Waals surface area contributed by atoms with E-state index >= 15 is 0 Å². The monoisotopic (exact) mass is 510 g/mol. The number of nitrogens with one attached hydrogen (secondary N) is 1. The number of rotatable bonds is 4. The Bertz CT molecular complexity index is 855. The minimum Gasteiger partial charge on any atom is -0.357 e. The van der Waals surface area contributed by atoms with Crippen LogP contribution in [0.15, 0.2) is 35.3 Å². The van der Waals surface area contributed by atoms with Gasteiger partial charge >= 0.3 is 0 Å². The second kappa shape index (κ2) is 10.6. The standard InChI is InChI=1S/C21H30N6O.HI/c1-5-22-21(26-12-10-25(11-13-26)18(4)28)23-15-19-8-6-7-9-20(19)27-17(3)14-16(2)24-27;/h6-9,14H,5,10-13,15H2,1-4H3,(H,22,23);1H. The van der Waals surface area contributed by atoms with Gasteiger partial charge in [0.1, 0.15) is 0 Å². The number of halogens is 1. The largest absolute Gasteiger partial charge is 0.357 e. The van der Waals surface area contributed by atoms with Crippen LogP contribution >= 0.6 is 24.0 Å². The minimum atomic E-state index is 0. The molecule has 1 aromatic carbocycles. The van der Waals surface area contributed by atoms with Gasteiger partial charge in [-0.1, -0.05) is 18.2 Å². The Morgan fingerprint density at radius 1 is 1.14 bits per heavy atom. The molecule has 2 heterocycles. The Morgan fingerprint density at radius 2 is 1.79 bits per heavy atom. The highest BCUT2D eigenvalue weighted by atomic mass is 127. The van der Waals surface area contributed by atoms with Gasteiger partial charge in [0.15, 0.2) is 5.96 Å². The number of nitrogens with zero attached hydrogens (tertiary/aromatic N) is 5. The third-order valence-corrected chi connectivity index (χ3v) is 4.99. The van der Waals surface area contributed by atoms with Gasteiger partial charge in [0.2, 0.25) is 5.91 Å². The molecular weight excluding hydrogens is 479 g/mol. The lowest BCUT2D eigenvalue weighted by molar-refractivity contribution is -0.130. The first kappa shape index (κ1) is 23.2. The predicted molar refractivity (Wildman–Crippen MR) is 127 cm³/mol. The number of para-hydroxylation sites is 1. The van der Waals surface area contributed by atoms with E-state index < -0.39 is 0 Å². The molecule has 1 aliphatic rings. The summed E-state index contributed by atoms with van der Waals surface area (Å²) in [6.45, 7) is 12.2. The van der Waals surface area contributed by atoms with Gasteiger partial charge in [0, 0.05) is 45.3 Å². The normalized spacial score (nSPS) is 14.6. The van der Waals surface area contributed by atoms with Gasteiger partial charge in [-0.05, 0) is 38.5 Å². The Labute approximate surface area is 190 Å². The van der Waals surface area contributed by atoms with Crippen LogP contribution in [0.25, 0.3) is 5.69 Å². The van der Waals surface area contributed by atoms with Crippen LogP contribution in [0, 0.1) is 13.8 Å². The number of hydrogen-bond acceptors (Lipinski definition) is 3. The first-order chi connectivity index (χ1) is 13.5. The molecule has 0 aliphatic carbocycles. The van der Waals surface area contributed by atoms with E-state index in [-0.39, 0.29) is 29.9 Å². The fourth-order valence-electron chi connectivity index (χ4n) is 3.54. The Balaban J connectivity index is 0.00000300. The zero-order valence-corrected chi connectivity index (χ0v) is 20.0. The Kier molecular flexibility index (Phi) is 8.48. The topological polar surface area (TPSA) is 65.8 Å². The highest BCUT2D eigenvalue weighted by Gasteiger charge is 2.21. The van der Waals surface area contributed by atoms with Crippen molar-refractivity contribution in [2.24, 2.45) is 4.99 Å². The molecular formula is C21H31IN6O. The van der Waals surface area contributed by atoms with E-state index in [4.69, 9.17) is 4.99 Å². The van der Waals surface area contributed by atoms with Crippen LogP contribution in [0.5, 0.6) is 0 Å². The number of carbonyl (C=O) groups excluding carboxylic acids is 1. The van der Waals surface area contributed by atoms with E-state index in [0.717, 1.165) is 61.3 Å². The summed E-state index contributed by atoms with van der Waals surface area (Å²) in [5.41, 5.74) is 4.31. The summed E-state index contributed by atoms with van der Waals surface area (Å²) in [6, 6.07) is 10.3. The number of hydrogen-bond donors (Lipinski definition) is 1. The summed E-state index contributed by atoms with van der Waals surface area (Å²) < 4.78 is 1.98. The maximum Gasteiger partial charge on any atom is 0.219 e. The molecule has 7 nitrogen and oxygen atoms in total. The van der Waals surface area contributed by atoms with Gasteiger partial charge in [0.05, 0.1) is 17.9 Å². The van der Waals surface area contributed by atoms with Crippen molar-refractivity contribution in [3.63, 3.8) is 0 Å². The summed E-state index contributed by atoms with van der Waals surface area (Å²) in [5.74, 6) is 1.04. The number of benzene rings is 1. The van der Waals surface area contributed by atoms with Crippen molar-refractivity contribution in [3.8, 4) is 5.69 Å². The third kappa shape index (κ3) is 5.71.